The molecule has 29 heavy (non-hydrogen) atoms. The highest BCUT2D eigenvalue weighted by molar-refractivity contribution is 6.17. The van der Waals surface area contributed by atoms with Crippen LogP contribution >= 0.6 is 11.6 Å². The Morgan fingerprint density at radius 2 is 1.66 bits per heavy atom. The van der Waals surface area contributed by atoms with Crippen molar-refractivity contribution >= 4 is 34.1 Å². The molecular weight excluding hydrogens is 387 g/mol. The third-order valence-electron chi connectivity index (χ3n) is 4.81. The van der Waals surface area contributed by atoms with Crippen LogP contribution in [-0.2, 0) is 5.88 Å². The van der Waals surface area contributed by atoms with Gasteiger partial charge in [-0.25, -0.2) is 4.39 Å². The number of pyridine rings is 1. The fraction of sp³-hybridized carbons (Fsp3) is 0.0833. The standard InChI is InChI=1S/C24H18ClFN2O/c1-15-10-20-11-16(13-25)14-27-23(20)12-22(15)28-24(29)19-4-2-17(3-5-19)18-6-8-21(26)9-7-18/h2-12,14H,13H2,1H3,(H,28,29). The van der Waals surface area contributed by atoms with Gasteiger partial charge in [-0.15, -0.1) is 11.6 Å². The highest BCUT2D eigenvalue weighted by atomic mass is 35.5. The summed E-state index contributed by atoms with van der Waals surface area (Å²) in [5, 5.41) is 3.95. The first-order valence-corrected chi connectivity index (χ1v) is 9.69. The van der Waals surface area contributed by atoms with Crippen LogP contribution in [0.5, 0.6) is 0 Å². The molecule has 3 aromatic carbocycles. The Labute approximate surface area is 173 Å². The maximum absolute atomic E-state index is 13.1. The van der Waals surface area contributed by atoms with Gasteiger partial charge in [0.25, 0.3) is 5.91 Å². The molecule has 0 spiro atoms. The second kappa shape index (κ2) is 8.02. The summed E-state index contributed by atoms with van der Waals surface area (Å²) in [6.45, 7) is 1.94. The lowest BCUT2D eigenvalue weighted by Gasteiger charge is -2.11. The van der Waals surface area contributed by atoms with Gasteiger partial charge in [0.2, 0.25) is 0 Å². The average Bonchev–Trinajstić information content (AvgIpc) is 2.74. The summed E-state index contributed by atoms with van der Waals surface area (Å²) >= 11 is 5.88. The van der Waals surface area contributed by atoms with E-state index in [1.54, 1.807) is 30.5 Å². The first kappa shape index (κ1) is 19.1. The molecule has 5 heteroatoms. The zero-order valence-corrected chi connectivity index (χ0v) is 16.5. The Morgan fingerprint density at radius 3 is 2.31 bits per heavy atom. The number of amides is 1. The molecule has 144 valence electrons. The molecule has 0 saturated heterocycles. The molecule has 1 amide bonds. The summed E-state index contributed by atoms with van der Waals surface area (Å²) in [5.74, 6) is -0.0617. The van der Waals surface area contributed by atoms with Gasteiger partial charge in [0.1, 0.15) is 5.82 Å². The summed E-state index contributed by atoms with van der Waals surface area (Å²) in [6.07, 6.45) is 1.74. The molecule has 0 aliphatic rings. The van der Waals surface area contributed by atoms with Crippen LogP contribution in [0.15, 0.2) is 72.9 Å². The van der Waals surface area contributed by atoms with Crippen LogP contribution in [-0.4, -0.2) is 10.9 Å². The fourth-order valence-corrected chi connectivity index (χ4v) is 3.34. The minimum absolute atomic E-state index is 0.199. The van der Waals surface area contributed by atoms with Crippen LogP contribution < -0.4 is 5.32 Å². The van der Waals surface area contributed by atoms with E-state index in [0.29, 0.717) is 11.4 Å². The lowest BCUT2D eigenvalue weighted by atomic mass is 10.0. The topological polar surface area (TPSA) is 42.0 Å². The molecule has 0 bridgehead atoms. The highest BCUT2D eigenvalue weighted by Crippen LogP contribution is 2.25. The van der Waals surface area contributed by atoms with Crippen molar-refractivity contribution in [3.63, 3.8) is 0 Å². The molecule has 0 atom stereocenters. The van der Waals surface area contributed by atoms with Gasteiger partial charge in [-0.3, -0.25) is 9.78 Å². The van der Waals surface area contributed by atoms with Crippen LogP contribution in [0.4, 0.5) is 10.1 Å². The van der Waals surface area contributed by atoms with Crippen molar-refractivity contribution in [2.24, 2.45) is 0 Å². The lowest BCUT2D eigenvalue weighted by Crippen LogP contribution is -2.12. The minimum atomic E-state index is -0.274. The van der Waals surface area contributed by atoms with Gasteiger partial charge in [-0.2, -0.15) is 0 Å². The number of hydrogen-bond acceptors (Lipinski definition) is 2. The summed E-state index contributed by atoms with van der Waals surface area (Å²) in [4.78, 5) is 17.1. The molecule has 1 heterocycles. The van der Waals surface area contributed by atoms with Gasteiger partial charge in [0.15, 0.2) is 0 Å². The van der Waals surface area contributed by atoms with Gasteiger partial charge >= 0.3 is 0 Å². The molecule has 0 saturated carbocycles. The van der Waals surface area contributed by atoms with Gasteiger partial charge in [0.05, 0.1) is 5.52 Å². The van der Waals surface area contributed by atoms with Crippen molar-refractivity contribution in [1.82, 2.24) is 4.98 Å². The normalized spacial score (nSPS) is 10.9. The maximum atomic E-state index is 13.1. The number of halogens is 2. The van der Waals surface area contributed by atoms with Crippen LogP contribution in [0.1, 0.15) is 21.5 Å². The van der Waals surface area contributed by atoms with Crippen LogP contribution in [0.25, 0.3) is 22.0 Å². The summed E-state index contributed by atoms with van der Waals surface area (Å²) < 4.78 is 13.1. The van der Waals surface area contributed by atoms with Crippen molar-refractivity contribution in [3.05, 3.63) is 95.4 Å². The second-order valence-corrected chi connectivity index (χ2v) is 7.14. The monoisotopic (exact) mass is 404 g/mol. The van der Waals surface area contributed by atoms with Crippen molar-refractivity contribution in [2.45, 2.75) is 12.8 Å². The van der Waals surface area contributed by atoms with Crippen molar-refractivity contribution < 1.29 is 9.18 Å². The second-order valence-electron chi connectivity index (χ2n) is 6.88. The van der Waals surface area contributed by atoms with E-state index in [9.17, 15) is 9.18 Å². The predicted molar refractivity (Wildman–Crippen MR) is 116 cm³/mol. The number of aryl methyl sites for hydroxylation is 1. The average molecular weight is 405 g/mol. The van der Waals surface area contributed by atoms with E-state index < -0.39 is 0 Å². The van der Waals surface area contributed by atoms with Crippen LogP contribution in [0.3, 0.4) is 0 Å². The first-order chi connectivity index (χ1) is 14.0. The first-order valence-electron chi connectivity index (χ1n) is 9.16. The number of anilines is 1. The van der Waals surface area contributed by atoms with E-state index in [-0.39, 0.29) is 11.7 Å². The maximum Gasteiger partial charge on any atom is 0.255 e. The molecule has 4 rings (SSSR count). The number of nitrogens with zero attached hydrogens (tertiary/aromatic N) is 1. The number of carbonyl (C=O) groups excluding carboxylic acids is 1. The molecule has 0 aliphatic heterocycles. The molecule has 3 nitrogen and oxygen atoms in total. The molecule has 0 fully saturated rings. The molecule has 0 radical (unpaired) electrons. The van der Waals surface area contributed by atoms with E-state index in [2.05, 4.69) is 10.3 Å². The molecular formula is C24H18ClFN2O. The number of benzene rings is 3. The molecule has 0 aliphatic carbocycles. The SMILES string of the molecule is Cc1cc2cc(CCl)cnc2cc1NC(=O)c1ccc(-c2ccc(F)cc2)cc1. The fourth-order valence-electron chi connectivity index (χ4n) is 3.19. The van der Waals surface area contributed by atoms with E-state index in [4.69, 9.17) is 11.6 Å². The van der Waals surface area contributed by atoms with Gasteiger partial charge < -0.3 is 5.32 Å². The van der Waals surface area contributed by atoms with E-state index >= 15 is 0 Å². The van der Waals surface area contributed by atoms with Crippen molar-refractivity contribution in [2.75, 3.05) is 5.32 Å². The number of alkyl halides is 1. The Morgan fingerprint density at radius 1 is 1.00 bits per heavy atom. The molecule has 4 aromatic rings. The minimum Gasteiger partial charge on any atom is -0.322 e. The Balaban J connectivity index is 1.55. The number of rotatable bonds is 4. The van der Waals surface area contributed by atoms with Gasteiger partial charge in [0, 0.05) is 28.7 Å². The smallest absolute Gasteiger partial charge is 0.255 e. The zero-order valence-electron chi connectivity index (χ0n) is 15.7. The van der Waals surface area contributed by atoms with E-state index in [0.717, 1.165) is 38.8 Å². The highest BCUT2D eigenvalue weighted by Gasteiger charge is 2.10. The summed E-state index contributed by atoms with van der Waals surface area (Å²) in [5.41, 5.74) is 5.77. The predicted octanol–water partition coefficient (Wildman–Crippen LogP) is 6.34. The van der Waals surface area contributed by atoms with Crippen molar-refractivity contribution in [1.29, 1.82) is 0 Å². The lowest BCUT2D eigenvalue weighted by molar-refractivity contribution is 0.102. The summed E-state index contributed by atoms with van der Waals surface area (Å²) in [7, 11) is 0. The Hall–Kier alpha value is -3.24. The number of nitrogens with one attached hydrogen (secondary N) is 1. The van der Waals surface area contributed by atoms with Gasteiger partial charge in [-0.1, -0.05) is 24.3 Å². The number of fused-ring (bicyclic) bond motifs is 1. The van der Waals surface area contributed by atoms with E-state index in [1.807, 2.05) is 37.3 Å². The largest absolute Gasteiger partial charge is 0.322 e. The van der Waals surface area contributed by atoms with E-state index in [1.165, 1.54) is 12.1 Å². The molecule has 0 unspecified atom stereocenters. The zero-order chi connectivity index (χ0) is 20.4. The van der Waals surface area contributed by atoms with Gasteiger partial charge in [-0.05, 0) is 71.6 Å². The third kappa shape index (κ3) is 4.13. The Bertz CT molecular complexity index is 1190. The quantitative estimate of drug-likeness (QED) is 0.403. The number of aromatic nitrogens is 1. The molecule has 1 N–H and O–H groups in total. The van der Waals surface area contributed by atoms with Crippen LogP contribution in [0, 0.1) is 12.7 Å². The third-order valence-corrected chi connectivity index (χ3v) is 5.12. The molecule has 1 aromatic heterocycles. The van der Waals surface area contributed by atoms with Crippen molar-refractivity contribution in [3.8, 4) is 11.1 Å². The van der Waals surface area contributed by atoms with Crippen LogP contribution in [0.2, 0.25) is 0 Å². The summed E-state index contributed by atoms with van der Waals surface area (Å²) in [6, 6.07) is 19.4. The Kier molecular flexibility index (Phi) is 5.28. The number of hydrogen-bond donors (Lipinski definition) is 1. The number of carbonyl (C=O) groups is 1.